The van der Waals surface area contributed by atoms with E-state index in [0.717, 1.165) is 43.4 Å². The normalized spacial score (nSPS) is 18.5. The summed E-state index contributed by atoms with van der Waals surface area (Å²) in [5, 5.41) is 6.92. The van der Waals surface area contributed by atoms with E-state index in [1.165, 1.54) is 11.1 Å². The molecule has 0 bridgehead atoms. The standard InChI is InChI=1S/C29H39N3O4/c1-19-17-25(31-36-19)26(33)30-24-8-7-22(18-23(24)21-9-13-29(5,6)14-10-21)20-11-15-32(16-12-20)27(34)35-28(2,3)4/h7-9,17-18,20H,10-16H2,1-6H3,(H,30,33). The summed E-state index contributed by atoms with van der Waals surface area (Å²) >= 11 is 0. The molecule has 2 heterocycles. The van der Waals surface area contributed by atoms with Gasteiger partial charge in [-0.1, -0.05) is 31.1 Å². The number of ether oxygens (including phenoxy) is 1. The summed E-state index contributed by atoms with van der Waals surface area (Å²) in [6.45, 7) is 13.4. The molecule has 0 atom stereocenters. The molecule has 1 aromatic carbocycles. The van der Waals surface area contributed by atoms with Crippen molar-refractivity contribution < 1.29 is 18.8 Å². The summed E-state index contributed by atoms with van der Waals surface area (Å²) in [5.41, 5.74) is 4.46. The Hall–Kier alpha value is -3.09. The number of benzene rings is 1. The first-order chi connectivity index (χ1) is 16.9. The summed E-state index contributed by atoms with van der Waals surface area (Å²) in [5.74, 6) is 0.680. The summed E-state index contributed by atoms with van der Waals surface area (Å²) < 4.78 is 10.6. The van der Waals surface area contributed by atoms with E-state index in [4.69, 9.17) is 9.26 Å². The Morgan fingerprint density at radius 2 is 1.89 bits per heavy atom. The van der Waals surface area contributed by atoms with Crippen LogP contribution in [0.2, 0.25) is 0 Å². The number of carbonyl (C=O) groups excluding carboxylic acids is 2. The molecule has 4 rings (SSSR count). The number of rotatable bonds is 4. The Kier molecular flexibility index (Phi) is 7.30. The SMILES string of the molecule is Cc1cc(C(=O)Nc2ccc(C3CCN(C(=O)OC(C)(C)C)CC3)cc2C2=CCC(C)(C)CC2)no1. The fourth-order valence-corrected chi connectivity index (χ4v) is 4.89. The van der Waals surface area contributed by atoms with Gasteiger partial charge in [0.05, 0.1) is 0 Å². The van der Waals surface area contributed by atoms with Gasteiger partial charge >= 0.3 is 6.09 Å². The van der Waals surface area contributed by atoms with Crippen LogP contribution in [-0.2, 0) is 4.74 Å². The van der Waals surface area contributed by atoms with Crippen molar-refractivity contribution in [2.75, 3.05) is 18.4 Å². The fraction of sp³-hybridized carbons (Fsp3) is 0.552. The molecule has 1 fully saturated rings. The molecule has 0 unspecified atom stereocenters. The predicted molar refractivity (Wildman–Crippen MR) is 141 cm³/mol. The lowest BCUT2D eigenvalue weighted by Gasteiger charge is -2.34. The minimum atomic E-state index is -0.490. The lowest BCUT2D eigenvalue weighted by molar-refractivity contribution is 0.0204. The van der Waals surface area contributed by atoms with Gasteiger partial charge in [0.25, 0.3) is 5.91 Å². The van der Waals surface area contributed by atoms with Crippen LogP contribution in [0.4, 0.5) is 10.5 Å². The molecule has 1 N–H and O–H groups in total. The second-order valence-electron chi connectivity index (χ2n) is 11.9. The number of allylic oxidation sites excluding steroid dienone is 2. The number of aromatic nitrogens is 1. The van der Waals surface area contributed by atoms with Crippen LogP contribution in [-0.4, -0.2) is 40.7 Å². The maximum atomic E-state index is 12.8. The van der Waals surface area contributed by atoms with Gasteiger partial charge in [0.2, 0.25) is 0 Å². The largest absolute Gasteiger partial charge is 0.444 e. The second kappa shape index (κ2) is 10.1. The average molecular weight is 494 g/mol. The highest BCUT2D eigenvalue weighted by Gasteiger charge is 2.29. The molecule has 194 valence electrons. The number of hydrogen-bond acceptors (Lipinski definition) is 5. The van der Waals surface area contributed by atoms with Crippen LogP contribution in [0.25, 0.3) is 5.57 Å². The van der Waals surface area contributed by atoms with Crippen LogP contribution >= 0.6 is 0 Å². The van der Waals surface area contributed by atoms with E-state index in [-0.39, 0.29) is 23.1 Å². The van der Waals surface area contributed by atoms with E-state index < -0.39 is 5.60 Å². The fourth-order valence-electron chi connectivity index (χ4n) is 4.89. The van der Waals surface area contributed by atoms with Crippen molar-refractivity contribution in [2.24, 2.45) is 5.41 Å². The zero-order chi connectivity index (χ0) is 26.1. The molecule has 0 spiro atoms. The average Bonchev–Trinajstić information content (AvgIpc) is 3.25. The van der Waals surface area contributed by atoms with Crippen molar-refractivity contribution in [3.8, 4) is 0 Å². The van der Waals surface area contributed by atoms with Gasteiger partial charge in [-0.25, -0.2) is 4.79 Å². The van der Waals surface area contributed by atoms with Gasteiger partial charge < -0.3 is 19.5 Å². The first kappa shape index (κ1) is 26.0. The quantitative estimate of drug-likeness (QED) is 0.498. The monoisotopic (exact) mass is 493 g/mol. The number of anilines is 1. The van der Waals surface area contributed by atoms with Crippen LogP contribution < -0.4 is 5.32 Å². The lowest BCUT2D eigenvalue weighted by Crippen LogP contribution is -2.41. The van der Waals surface area contributed by atoms with Crippen LogP contribution in [0.15, 0.2) is 34.9 Å². The van der Waals surface area contributed by atoms with Crippen molar-refractivity contribution in [1.29, 1.82) is 0 Å². The van der Waals surface area contributed by atoms with E-state index in [9.17, 15) is 9.59 Å². The third-order valence-corrected chi connectivity index (χ3v) is 7.09. The first-order valence-corrected chi connectivity index (χ1v) is 13.0. The van der Waals surface area contributed by atoms with Crippen molar-refractivity contribution in [3.63, 3.8) is 0 Å². The molecule has 0 radical (unpaired) electrons. The second-order valence-corrected chi connectivity index (χ2v) is 11.9. The third kappa shape index (κ3) is 6.37. The van der Waals surface area contributed by atoms with Crippen molar-refractivity contribution in [1.82, 2.24) is 10.1 Å². The zero-order valence-electron chi connectivity index (χ0n) is 22.4. The molecule has 2 amide bonds. The number of nitrogens with one attached hydrogen (secondary N) is 1. The van der Waals surface area contributed by atoms with Crippen LogP contribution in [0, 0.1) is 12.3 Å². The maximum absolute atomic E-state index is 12.8. The molecule has 2 aliphatic rings. The highest BCUT2D eigenvalue weighted by molar-refractivity contribution is 6.04. The molecular formula is C29H39N3O4. The van der Waals surface area contributed by atoms with E-state index in [2.05, 4.69) is 42.5 Å². The minimum absolute atomic E-state index is 0.238. The van der Waals surface area contributed by atoms with Crippen LogP contribution in [0.1, 0.15) is 100 Å². The van der Waals surface area contributed by atoms with Gasteiger partial charge in [-0.05, 0) is 94.4 Å². The highest BCUT2D eigenvalue weighted by atomic mass is 16.6. The summed E-state index contributed by atoms with van der Waals surface area (Å²) in [6, 6.07) is 8.00. The topological polar surface area (TPSA) is 84.7 Å². The van der Waals surface area contributed by atoms with Crippen LogP contribution in [0.3, 0.4) is 0 Å². The molecule has 1 aliphatic carbocycles. The Morgan fingerprint density at radius 1 is 1.17 bits per heavy atom. The number of aryl methyl sites for hydroxylation is 1. The van der Waals surface area contributed by atoms with E-state index in [0.29, 0.717) is 24.8 Å². The molecule has 1 aliphatic heterocycles. The lowest BCUT2D eigenvalue weighted by atomic mass is 9.76. The molecule has 7 heteroatoms. The Bertz CT molecular complexity index is 1150. The van der Waals surface area contributed by atoms with Gasteiger partial charge in [-0.15, -0.1) is 0 Å². The van der Waals surface area contributed by atoms with Gasteiger partial charge in [0.1, 0.15) is 11.4 Å². The number of amides is 2. The van der Waals surface area contributed by atoms with E-state index >= 15 is 0 Å². The molecule has 1 aromatic heterocycles. The molecule has 1 saturated heterocycles. The Labute approximate surface area is 214 Å². The number of likely N-dealkylation sites (tertiary alicyclic amines) is 1. The first-order valence-electron chi connectivity index (χ1n) is 13.0. The van der Waals surface area contributed by atoms with Gasteiger partial charge in [-0.3, -0.25) is 4.79 Å². The van der Waals surface area contributed by atoms with Gasteiger partial charge in [0, 0.05) is 30.4 Å². The smallest absolute Gasteiger partial charge is 0.410 e. The summed E-state index contributed by atoms with van der Waals surface area (Å²) in [6.07, 6.45) is 6.94. The minimum Gasteiger partial charge on any atom is -0.444 e. The molecule has 2 aromatic rings. The van der Waals surface area contributed by atoms with Crippen molar-refractivity contribution in [3.05, 3.63) is 52.9 Å². The molecule has 7 nitrogen and oxygen atoms in total. The summed E-state index contributed by atoms with van der Waals surface area (Å²) in [7, 11) is 0. The maximum Gasteiger partial charge on any atom is 0.410 e. The van der Waals surface area contributed by atoms with Crippen LogP contribution in [0.5, 0.6) is 0 Å². The zero-order valence-corrected chi connectivity index (χ0v) is 22.4. The van der Waals surface area contributed by atoms with Gasteiger partial charge in [0.15, 0.2) is 5.69 Å². The van der Waals surface area contributed by atoms with Crippen molar-refractivity contribution >= 4 is 23.3 Å². The Morgan fingerprint density at radius 3 is 2.47 bits per heavy atom. The van der Waals surface area contributed by atoms with Gasteiger partial charge in [-0.2, -0.15) is 0 Å². The molecule has 36 heavy (non-hydrogen) atoms. The Balaban J connectivity index is 1.54. The third-order valence-electron chi connectivity index (χ3n) is 7.09. The number of nitrogens with zero attached hydrogens (tertiary/aromatic N) is 2. The number of hydrogen-bond donors (Lipinski definition) is 1. The number of piperidine rings is 1. The van der Waals surface area contributed by atoms with Crippen molar-refractivity contribution in [2.45, 2.75) is 85.2 Å². The summed E-state index contributed by atoms with van der Waals surface area (Å²) in [4.78, 5) is 27.1. The number of carbonyl (C=O) groups is 2. The van der Waals surface area contributed by atoms with E-state index in [1.807, 2.05) is 31.7 Å². The van der Waals surface area contributed by atoms with E-state index in [1.54, 1.807) is 13.0 Å². The molecule has 0 saturated carbocycles. The highest BCUT2D eigenvalue weighted by Crippen LogP contribution is 2.41. The molecular weight excluding hydrogens is 454 g/mol. The predicted octanol–water partition coefficient (Wildman–Crippen LogP) is 6.94.